The second-order valence-electron chi connectivity index (χ2n) is 10.2. The summed E-state index contributed by atoms with van der Waals surface area (Å²) in [5.41, 5.74) is 8.65. The highest BCUT2D eigenvalue weighted by molar-refractivity contribution is 6.35. The summed E-state index contributed by atoms with van der Waals surface area (Å²) < 4.78 is 5.90. The van der Waals surface area contributed by atoms with Crippen LogP contribution in [-0.2, 0) is 11.4 Å². The molecule has 0 radical (unpaired) electrons. The summed E-state index contributed by atoms with van der Waals surface area (Å²) in [5.74, 6) is 1.57. The first-order valence-electron chi connectivity index (χ1n) is 12.7. The summed E-state index contributed by atoms with van der Waals surface area (Å²) in [6.07, 6.45) is 6.51. The molecule has 0 atom stereocenters. The Bertz CT molecular complexity index is 1370. The molecule has 0 unspecified atom stereocenters. The fraction of sp³-hybridized carbons (Fsp3) is 0.357. The predicted octanol–water partition coefficient (Wildman–Crippen LogP) is 4.10. The number of aromatic nitrogens is 2. The average molecular weight is 569 g/mol. The molecule has 0 bridgehead atoms. The number of carbonyl (C=O) groups is 1. The third-order valence-electron chi connectivity index (χ3n) is 7.74. The van der Waals surface area contributed by atoms with Crippen LogP contribution < -0.4 is 15.4 Å². The van der Waals surface area contributed by atoms with Crippen molar-refractivity contribution in [2.24, 2.45) is 0 Å². The number of carbonyl (C=O) groups excluding carboxylic acids is 1. The second-order valence-corrected chi connectivity index (χ2v) is 11.1. The number of ether oxygens (including phenoxy) is 1. The number of hydrogen-bond donors (Lipinski definition) is 2. The van der Waals surface area contributed by atoms with Gasteiger partial charge in [-0.25, -0.2) is 4.98 Å². The average Bonchev–Trinajstić information content (AvgIpc) is 2.92. The van der Waals surface area contributed by atoms with Crippen molar-refractivity contribution >= 4 is 46.3 Å². The summed E-state index contributed by atoms with van der Waals surface area (Å²) in [7, 11) is 3.94. The molecule has 11 heteroatoms. The molecule has 5 rings (SSSR count). The highest BCUT2D eigenvalue weighted by Gasteiger charge is 2.44. The van der Waals surface area contributed by atoms with Crippen molar-refractivity contribution in [1.29, 1.82) is 5.41 Å². The second kappa shape index (κ2) is 11.0. The van der Waals surface area contributed by atoms with E-state index >= 15 is 0 Å². The van der Waals surface area contributed by atoms with Crippen molar-refractivity contribution < 1.29 is 9.53 Å². The lowest BCUT2D eigenvalue weighted by Gasteiger charge is -2.52. The van der Waals surface area contributed by atoms with Crippen molar-refractivity contribution in [2.75, 3.05) is 50.9 Å². The molecule has 204 valence electrons. The lowest BCUT2D eigenvalue weighted by molar-refractivity contribution is -0.144. The van der Waals surface area contributed by atoms with Gasteiger partial charge in [0.25, 0.3) is 0 Å². The van der Waals surface area contributed by atoms with Crippen molar-refractivity contribution in [3.05, 3.63) is 75.7 Å². The molecule has 3 N–H and O–H groups in total. The van der Waals surface area contributed by atoms with E-state index < -0.39 is 0 Å². The van der Waals surface area contributed by atoms with E-state index in [2.05, 4.69) is 19.8 Å². The number of nitrogen functional groups attached to an aromatic ring is 1. The van der Waals surface area contributed by atoms with Crippen LogP contribution in [0.1, 0.15) is 29.5 Å². The molecule has 1 spiro atoms. The number of halogens is 2. The number of hydrogen-bond acceptors (Lipinski definition) is 8. The number of nitrogens with two attached hydrogens (primary N) is 1. The zero-order valence-electron chi connectivity index (χ0n) is 22.0. The molecule has 2 aliphatic heterocycles. The van der Waals surface area contributed by atoms with Gasteiger partial charge in [-0.05, 0) is 50.2 Å². The first-order valence-corrected chi connectivity index (χ1v) is 13.5. The number of likely N-dealkylation sites (N-methyl/N-ethyl adjacent to an activating group) is 2. The normalized spacial score (nSPS) is 17.5. The third kappa shape index (κ3) is 5.52. The Balaban J connectivity index is 1.25. The number of anilines is 2. The van der Waals surface area contributed by atoms with Crippen LogP contribution in [0, 0.1) is 5.41 Å². The van der Waals surface area contributed by atoms with Gasteiger partial charge in [-0.15, -0.1) is 0 Å². The van der Waals surface area contributed by atoms with Gasteiger partial charge < -0.3 is 20.3 Å². The molecule has 4 heterocycles. The smallest absolute Gasteiger partial charge is 0.236 e. The summed E-state index contributed by atoms with van der Waals surface area (Å²) >= 11 is 12.4. The Morgan fingerprint density at radius 1 is 1.10 bits per heavy atom. The largest absolute Gasteiger partial charge is 0.489 e. The summed E-state index contributed by atoms with van der Waals surface area (Å²) in [6.45, 7) is 3.15. The van der Waals surface area contributed by atoms with E-state index in [1.807, 2.05) is 31.1 Å². The number of rotatable bonds is 6. The monoisotopic (exact) mass is 567 g/mol. The van der Waals surface area contributed by atoms with Crippen LogP contribution in [0.2, 0.25) is 10.0 Å². The maximum absolute atomic E-state index is 12.4. The number of nitrogens with zero attached hydrogens (tertiary/aromatic N) is 5. The lowest BCUT2D eigenvalue weighted by atomic mass is 9.83. The van der Waals surface area contributed by atoms with E-state index in [9.17, 15) is 4.79 Å². The number of piperidine rings is 1. The summed E-state index contributed by atoms with van der Waals surface area (Å²) in [4.78, 5) is 27.4. The molecule has 2 aliphatic rings. The number of pyridine rings is 2. The Labute approximate surface area is 238 Å². The number of amides is 1. The Morgan fingerprint density at radius 3 is 2.49 bits per heavy atom. The Kier molecular flexibility index (Phi) is 7.66. The van der Waals surface area contributed by atoms with E-state index in [0.29, 0.717) is 44.7 Å². The molecule has 2 aromatic heterocycles. The van der Waals surface area contributed by atoms with E-state index in [0.717, 1.165) is 38.3 Å². The summed E-state index contributed by atoms with van der Waals surface area (Å²) in [5, 5.41) is 9.64. The Morgan fingerprint density at radius 2 is 1.82 bits per heavy atom. The lowest BCUT2D eigenvalue weighted by Crippen LogP contribution is -2.65. The van der Waals surface area contributed by atoms with Crippen LogP contribution in [0.25, 0.3) is 0 Å². The molecule has 1 amide bonds. The van der Waals surface area contributed by atoms with Gasteiger partial charge in [0.05, 0.1) is 27.8 Å². The van der Waals surface area contributed by atoms with Gasteiger partial charge in [0.1, 0.15) is 18.2 Å². The topological polar surface area (TPSA) is 112 Å². The molecule has 39 heavy (non-hydrogen) atoms. The molecular weight excluding hydrogens is 537 g/mol. The van der Waals surface area contributed by atoms with E-state index in [1.165, 1.54) is 12.4 Å². The van der Waals surface area contributed by atoms with Gasteiger partial charge in [-0.2, -0.15) is 0 Å². The van der Waals surface area contributed by atoms with E-state index in [-0.39, 0.29) is 23.8 Å². The standard InChI is InChI=1S/C28H31Cl2N7O2/c1-35-15-26(38)36(2)28(17-35)7-9-37(10-8-28)25-6-3-18(12-34-25)27(32)20-11-19(4-5-24(20)31)39-16-21-22(29)13-33-14-23(21)30/h3-6,11-14,32H,7-10,15-17,31H2,1-2H3. The van der Waals surface area contributed by atoms with E-state index in [4.69, 9.17) is 39.1 Å². The predicted molar refractivity (Wildman–Crippen MR) is 154 cm³/mol. The minimum atomic E-state index is -0.124. The molecule has 1 aromatic carbocycles. The maximum Gasteiger partial charge on any atom is 0.236 e. The van der Waals surface area contributed by atoms with E-state index in [1.54, 1.807) is 24.4 Å². The van der Waals surface area contributed by atoms with Gasteiger partial charge in [0, 0.05) is 67.7 Å². The highest BCUT2D eigenvalue weighted by atomic mass is 35.5. The molecule has 2 fully saturated rings. The van der Waals surface area contributed by atoms with Gasteiger partial charge in [0.2, 0.25) is 5.91 Å². The van der Waals surface area contributed by atoms with Gasteiger partial charge >= 0.3 is 0 Å². The van der Waals surface area contributed by atoms with Crippen LogP contribution in [0.15, 0.2) is 48.9 Å². The van der Waals surface area contributed by atoms with Crippen LogP contribution in [0.5, 0.6) is 5.75 Å². The van der Waals surface area contributed by atoms with Crippen molar-refractivity contribution in [2.45, 2.75) is 25.0 Å². The van der Waals surface area contributed by atoms with Crippen LogP contribution in [0.4, 0.5) is 11.5 Å². The first-order chi connectivity index (χ1) is 18.7. The fourth-order valence-electron chi connectivity index (χ4n) is 5.36. The number of piperazine rings is 1. The van der Waals surface area contributed by atoms with Crippen molar-refractivity contribution in [1.82, 2.24) is 19.8 Å². The SMILES string of the molecule is CN1CC(=O)N(C)C2(CCN(c3ccc(C(=N)c4cc(OCc5c(Cl)cncc5Cl)ccc4N)cn3)CC2)C1. The van der Waals surface area contributed by atoms with Crippen molar-refractivity contribution in [3.8, 4) is 5.75 Å². The number of benzene rings is 1. The van der Waals surface area contributed by atoms with Crippen LogP contribution >= 0.6 is 23.2 Å². The number of nitrogens with one attached hydrogen (secondary N) is 1. The molecular formula is C28H31Cl2N7O2. The van der Waals surface area contributed by atoms with Crippen LogP contribution in [-0.4, -0.2) is 77.2 Å². The zero-order chi connectivity index (χ0) is 27.7. The maximum atomic E-state index is 12.4. The third-order valence-corrected chi connectivity index (χ3v) is 8.39. The molecule has 0 saturated carbocycles. The van der Waals surface area contributed by atoms with Gasteiger partial charge in [0.15, 0.2) is 0 Å². The minimum Gasteiger partial charge on any atom is -0.489 e. The summed E-state index contributed by atoms with van der Waals surface area (Å²) in [6, 6.07) is 9.02. The van der Waals surface area contributed by atoms with Gasteiger partial charge in [-0.1, -0.05) is 23.2 Å². The van der Waals surface area contributed by atoms with Gasteiger partial charge in [-0.3, -0.25) is 20.1 Å². The van der Waals surface area contributed by atoms with Crippen molar-refractivity contribution in [3.63, 3.8) is 0 Å². The quantitative estimate of drug-likeness (QED) is 0.340. The molecule has 3 aromatic rings. The fourth-order valence-corrected chi connectivity index (χ4v) is 5.83. The molecule has 0 aliphatic carbocycles. The minimum absolute atomic E-state index is 0.124. The zero-order valence-corrected chi connectivity index (χ0v) is 23.5. The molecule has 9 nitrogen and oxygen atoms in total. The Hall–Kier alpha value is -3.40. The highest BCUT2D eigenvalue weighted by Crippen LogP contribution is 2.33. The molecule has 2 saturated heterocycles. The first kappa shape index (κ1) is 27.2. The van der Waals surface area contributed by atoms with Crippen LogP contribution in [0.3, 0.4) is 0 Å².